The van der Waals surface area contributed by atoms with Gasteiger partial charge in [-0.3, -0.25) is 0 Å². The van der Waals surface area contributed by atoms with Gasteiger partial charge in [0, 0.05) is 5.88 Å². The molecule has 0 aromatic rings. The van der Waals surface area contributed by atoms with Gasteiger partial charge in [0.05, 0.1) is 0 Å². The zero-order chi connectivity index (χ0) is 10.4. The fourth-order valence-electron chi connectivity index (χ4n) is 2.10. The second-order valence-electron chi connectivity index (χ2n) is 4.90. The minimum Gasteiger partial charge on any atom is -0.303 e. The Labute approximate surface area is 93.8 Å². The van der Waals surface area contributed by atoms with Gasteiger partial charge in [-0.1, -0.05) is 20.3 Å². The highest BCUT2D eigenvalue weighted by molar-refractivity contribution is 6.17. The number of rotatable bonds is 5. The van der Waals surface area contributed by atoms with E-state index in [2.05, 4.69) is 18.7 Å². The van der Waals surface area contributed by atoms with Crippen LogP contribution in [0.25, 0.3) is 0 Å². The van der Waals surface area contributed by atoms with Crippen molar-refractivity contribution in [3.63, 3.8) is 0 Å². The summed E-state index contributed by atoms with van der Waals surface area (Å²) >= 11 is 5.67. The van der Waals surface area contributed by atoms with E-state index >= 15 is 0 Å². The van der Waals surface area contributed by atoms with Crippen LogP contribution in [-0.2, 0) is 0 Å². The second-order valence-corrected chi connectivity index (χ2v) is 5.28. The summed E-state index contributed by atoms with van der Waals surface area (Å²) in [5.41, 5.74) is 0.628. The van der Waals surface area contributed by atoms with Gasteiger partial charge in [0.1, 0.15) is 0 Å². The molecule has 0 aromatic carbocycles. The monoisotopic (exact) mass is 217 g/mol. The predicted molar refractivity (Wildman–Crippen MR) is 64.0 cm³/mol. The third kappa shape index (κ3) is 3.78. The standard InChI is InChI=1S/C12H24ClN/c1-3-12(2)6-10-14(11-7-12)9-5-4-8-13/h3-11H2,1-2H3. The number of piperidine rings is 1. The first-order chi connectivity index (χ1) is 6.70. The van der Waals surface area contributed by atoms with Crippen LogP contribution in [0.2, 0.25) is 0 Å². The highest BCUT2D eigenvalue weighted by atomic mass is 35.5. The molecule has 1 rings (SSSR count). The summed E-state index contributed by atoms with van der Waals surface area (Å²) in [5.74, 6) is 0.820. The molecule has 84 valence electrons. The first kappa shape index (κ1) is 12.3. The second kappa shape index (κ2) is 5.97. The van der Waals surface area contributed by atoms with E-state index in [1.807, 2.05) is 0 Å². The molecule has 2 heteroatoms. The number of unbranched alkanes of at least 4 members (excludes halogenated alkanes) is 1. The van der Waals surface area contributed by atoms with Crippen LogP contribution in [0.4, 0.5) is 0 Å². The molecule has 1 nitrogen and oxygen atoms in total. The fraction of sp³-hybridized carbons (Fsp3) is 1.00. The first-order valence-electron chi connectivity index (χ1n) is 5.98. The van der Waals surface area contributed by atoms with Crippen molar-refractivity contribution in [2.45, 2.75) is 46.0 Å². The van der Waals surface area contributed by atoms with E-state index in [1.54, 1.807) is 0 Å². The molecule has 14 heavy (non-hydrogen) atoms. The van der Waals surface area contributed by atoms with Crippen molar-refractivity contribution in [3.8, 4) is 0 Å². The van der Waals surface area contributed by atoms with Crippen molar-refractivity contribution in [1.29, 1.82) is 0 Å². The van der Waals surface area contributed by atoms with E-state index in [0.29, 0.717) is 5.41 Å². The molecule has 0 aliphatic carbocycles. The lowest BCUT2D eigenvalue weighted by molar-refractivity contribution is 0.114. The van der Waals surface area contributed by atoms with Gasteiger partial charge in [-0.25, -0.2) is 0 Å². The molecule has 0 N–H and O–H groups in total. The molecule has 0 radical (unpaired) electrons. The maximum absolute atomic E-state index is 5.67. The third-order valence-corrected chi connectivity index (χ3v) is 4.04. The van der Waals surface area contributed by atoms with E-state index in [0.717, 1.165) is 5.88 Å². The smallest absolute Gasteiger partial charge is 0.0223 e. The average Bonchev–Trinajstić information content (AvgIpc) is 2.22. The molecule has 1 fully saturated rings. The maximum atomic E-state index is 5.67. The van der Waals surface area contributed by atoms with Crippen molar-refractivity contribution in [2.24, 2.45) is 5.41 Å². The van der Waals surface area contributed by atoms with Gasteiger partial charge in [0.25, 0.3) is 0 Å². The van der Waals surface area contributed by atoms with Crippen molar-refractivity contribution < 1.29 is 0 Å². The quantitative estimate of drug-likeness (QED) is 0.503. The zero-order valence-electron chi connectivity index (χ0n) is 9.69. The molecule has 1 aliphatic rings. The average molecular weight is 218 g/mol. The number of likely N-dealkylation sites (tertiary alicyclic amines) is 1. The zero-order valence-corrected chi connectivity index (χ0v) is 10.4. The molecule has 1 saturated heterocycles. The number of alkyl halides is 1. The lowest BCUT2D eigenvalue weighted by Gasteiger charge is -2.38. The Hall–Kier alpha value is 0.250. The van der Waals surface area contributed by atoms with E-state index < -0.39 is 0 Å². The maximum Gasteiger partial charge on any atom is 0.0223 e. The molecule has 0 atom stereocenters. The normalized spacial score (nSPS) is 22.5. The van der Waals surface area contributed by atoms with Crippen LogP contribution < -0.4 is 0 Å². The Morgan fingerprint density at radius 1 is 1.21 bits per heavy atom. The minimum atomic E-state index is 0.628. The number of halogens is 1. The highest BCUT2D eigenvalue weighted by Gasteiger charge is 2.27. The van der Waals surface area contributed by atoms with E-state index in [4.69, 9.17) is 11.6 Å². The molecule has 0 aromatic heterocycles. The Morgan fingerprint density at radius 2 is 1.86 bits per heavy atom. The fourth-order valence-corrected chi connectivity index (χ4v) is 2.29. The van der Waals surface area contributed by atoms with E-state index in [9.17, 15) is 0 Å². The molecule has 0 unspecified atom stereocenters. The molecule has 0 spiro atoms. The first-order valence-corrected chi connectivity index (χ1v) is 6.52. The number of nitrogens with zero attached hydrogens (tertiary/aromatic N) is 1. The molecule has 0 amide bonds. The number of hydrogen-bond donors (Lipinski definition) is 0. The highest BCUT2D eigenvalue weighted by Crippen LogP contribution is 2.33. The molecule has 0 bridgehead atoms. The van der Waals surface area contributed by atoms with E-state index in [-0.39, 0.29) is 0 Å². The van der Waals surface area contributed by atoms with Crippen LogP contribution in [0.15, 0.2) is 0 Å². The predicted octanol–water partition coefficient (Wildman–Crippen LogP) is 3.52. The van der Waals surface area contributed by atoms with Crippen LogP contribution in [0.1, 0.15) is 46.0 Å². The van der Waals surface area contributed by atoms with Crippen LogP contribution in [0.3, 0.4) is 0 Å². The largest absolute Gasteiger partial charge is 0.303 e. The van der Waals surface area contributed by atoms with Gasteiger partial charge in [0.15, 0.2) is 0 Å². The van der Waals surface area contributed by atoms with Gasteiger partial charge < -0.3 is 4.90 Å². The molecular weight excluding hydrogens is 194 g/mol. The van der Waals surface area contributed by atoms with Crippen molar-refractivity contribution in [2.75, 3.05) is 25.5 Å². The summed E-state index contributed by atoms with van der Waals surface area (Å²) in [5, 5.41) is 0. The van der Waals surface area contributed by atoms with Crippen molar-refractivity contribution in [3.05, 3.63) is 0 Å². The van der Waals surface area contributed by atoms with Gasteiger partial charge in [0.2, 0.25) is 0 Å². The summed E-state index contributed by atoms with van der Waals surface area (Å²) < 4.78 is 0. The lowest BCUT2D eigenvalue weighted by atomic mass is 9.78. The summed E-state index contributed by atoms with van der Waals surface area (Å²) in [6.07, 6.45) is 6.53. The summed E-state index contributed by atoms with van der Waals surface area (Å²) in [6, 6.07) is 0. The summed E-state index contributed by atoms with van der Waals surface area (Å²) in [7, 11) is 0. The Morgan fingerprint density at radius 3 is 2.36 bits per heavy atom. The number of hydrogen-bond acceptors (Lipinski definition) is 1. The molecule has 1 heterocycles. The van der Waals surface area contributed by atoms with Crippen LogP contribution in [-0.4, -0.2) is 30.4 Å². The van der Waals surface area contributed by atoms with Gasteiger partial charge in [-0.15, -0.1) is 11.6 Å². The SMILES string of the molecule is CCC1(C)CCN(CCCCCl)CC1. The van der Waals surface area contributed by atoms with Crippen LogP contribution >= 0.6 is 11.6 Å². The topological polar surface area (TPSA) is 3.24 Å². The summed E-state index contributed by atoms with van der Waals surface area (Å²) in [6.45, 7) is 8.61. The Bertz CT molecular complexity index is 150. The van der Waals surface area contributed by atoms with Gasteiger partial charge in [-0.2, -0.15) is 0 Å². The van der Waals surface area contributed by atoms with Gasteiger partial charge in [-0.05, 0) is 50.7 Å². The molecule has 1 aliphatic heterocycles. The molecule has 0 saturated carbocycles. The van der Waals surface area contributed by atoms with Gasteiger partial charge >= 0.3 is 0 Å². The Kier molecular flexibility index (Phi) is 5.25. The third-order valence-electron chi connectivity index (χ3n) is 3.77. The summed E-state index contributed by atoms with van der Waals surface area (Å²) in [4.78, 5) is 2.60. The molecular formula is C12H24ClN. The van der Waals surface area contributed by atoms with E-state index in [1.165, 1.54) is 51.7 Å². The van der Waals surface area contributed by atoms with Crippen molar-refractivity contribution >= 4 is 11.6 Å². The Balaban J connectivity index is 2.15. The van der Waals surface area contributed by atoms with Crippen molar-refractivity contribution in [1.82, 2.24) is 4.90 Å². The van der Waals surface area contributed by atoms with Crippen LogP contribution in [0.5, 0.6) is 0 Å². The van der Waals surface area contributed by atoms with Crippen LogP contribution in [0, 0.1) is 5.41 Å². The minimum absolute atomic E-state index is 0.628. The lowest BCUT2D eigenvalue weighted by Crippen LogP contribution is -2.38.